The molecule has 0 saturated carbocycles. The van der Waals surface area contributed by atoms with Crippen molar-refractivity contribution in [2.75, 3.05) is 0 Å². The average molecular weight is 337 g/mol. The van der Waals surface area contributed by atoms with Gasteiger partial charge in [-0.2, -0.15) is 0 Å². The fourth-order valence-corrected chi connectivity index (χ4v) is 3.93. The van der Waals surface area contributed by atoms with Crippen molar-refractivity contribution in [1.82, 2.24) is 0 Å². The number of nitro groups is 1. The van der Waals surface area contributed by atoms with Crippen molar-refractivity contribution in [2.45, 2.75) is 0 Å². The number of thiophene rings is 1. The number of halogens is 2. The van der Waals surface area contributed by atoms with Crippen LogP contribution in [0.25, 0.3) is 10.1 Å². The lowest BCUT2D eigenvalue weighted by atomic mass is 10.2. The molecule has 0 unspecified atom stereocenters. The van der Waals surface area contributed by atoms with Crippen molar-refractivity contribution in [3.05, 3.63) is 36.6 Å². The van der Waals surface area contributed by atoms with Gasteiger partial charge in [0.25, 0.3) is 5.69 Å². The van der Waals surface area contributed by atoms with Gasteiger partial charge in [-0.15, -0.1) is 11.3 Å². The van der Waals surface area contributed by atoms with Gasteiger partial charge in [0.2, 0.25) is 0 Å². The third-order valence-corrected chi connectivity index (χ3v) is 4.49. The smallest absolute Gasteiger partial charge is 0.258 e. The fraction of sp³-hybridized carbons (Fsp3) is 0. The summed E-state index contributed by atoms with van der Waals surface area (Å²) in [6, 6.07) is 3.27. The van der Waals surface area contributed by atoms with Crippen molar-refractivity contribution < 1.29 is 4.92 Å². The van der Waals surface area contributed by atoms with Gasteiger partial charge in [0.1, 0.15) is 4.47 Å². The highest BCUT2D eigenvalue weighted by Gasteiger charge is 2.16. The number of nitrogens with zero attached hydrogens (tertiary/aromatic N) is 1. The van der Waals surface area contributed by atoms with Gasteiger partial charge in [0.05, 0.1) is 4.92 Å². The third-order valence-electron chi connectivity index (χ3n) is 1.81. The first-order valence-electron chi connectivity index (χ1n) is 3.61. The zero-order valence-corrected chi connectivity index (χ0v) is 10.6. The summed E-state index contributed by atoms with van der Waals surface area (Å²) in [5.41, 5.74) is 0.0941. The number of rotatable bonds is 1. The maximum atomic E-state index is 10.7. The van der Waals surface area contributed by atoms with E-state index >= 15 is 0 Å². The summed E-state index contributed by atoms with van der Waals surface area (Å²) < 4.78 is 2.44. The van der Waals surface area contributed by atoms with Crippen LogP contribution in [-0.4, -0.2) is 4.92 Å². The van der Waals surface area contributed by atoms with E-state index in [4.69, 9.17) is 0 Å². The quantitative estimate of drug-likeness (QED) is 0.574. The Balaban J connectivity index is 2.86. The fourth-order valence-electron chi connectivity index (χ4n) is 1.18. The van der Waals surface area contributed by atoms with E-state index in [0.29, 0.717) is 4.47 Å². The minimum Gasteiger partial charge on any atom is -0.258 e. The van der Waals surface area contributed by atoms with Crippen LogP contribution in [0.3, 0.4) is 0 Å². The van der Waals surface area contributed by atoms with Gasteiger partial charge < -0.3 is 0 Å². The molecule has 0 atom stereocenters. The molecule has 0 aliphatic rings. The Morgan fingerprint density at radius 2 is 2.07 bits per heavy atom. The maximum absolute atomic E-state index is 10.7. The van der Waals surface area contributed by atoms with Crippen LogP contribution in [0, 0.1) is 10.1 Å². The van der Waals surface area contributed by atoms with Crippen molar-refractivity contribution in [3.63, 3.8) is 0 Å². The monoisotopic (exact) mass is 335 g/mol. The second-order valence-electron chi connectivity index (χ2n) is 2.61. The minimum absolute atomic E-state index is 0.0941. The molecule has 3 nitrogen and oxygen atoms in total. The summed E-state index contributed by atoms with van der Waals surface area (Å²) in [5.74, 6) is 0. The Hall–Kier alpha value is -0.460. The first kappa shape index (κ1) is 10.1. The predicted octanol–water partition coefficient (Wildman–Crippen LogP) is 4.33. The number of nitro benzene ring substituents is 1. The lowest BCUT2D eigenvalue weighted by molar-refractivity contribution is -0.385. The van der Waals surface area contributed by atoms with Gasteiger partial charge in [-0.1, -0.05) is 0 Å². The highest BCUT2D eigenvalue weighted by atomic mass is 79.9. The second-order valence-corrected chi connectivity index (χ2v) is 5.17. The van der Waals surface area contributed by atoms with Crippen LogP contribution >= 0.6 is 43.2 Å². The molecule has 0 aliphatic heterocycles. The van der Waals surface area contributed by atoms with Gasteiger partial charge in [-0.3, -0.25) is 10.1 Å². The van der Waals surface area contributed by atoms with Crippen LogP contribution < -0.4 is 0 Å². The molecule has 0 N–H and O–H groups in total. The first-order chi connectivity index (χ1) is 6.61. The topological polar surface area (TPSA) is 43.1 Å². The van der Waals surface area contributed by atoms with Gasteiger partial charge in [-0.25, -0.2) is 0 Å². The molecule has 0 bridgehead atoms. The van der Waals surface area contributed by atoms with Crippen LogP contribution in [-0.2, 0) is 0 Å². The first-order valence-corrected chi connectivity index (χ1v) is 6.07. The molecule has 0 fully saturated rings. The predicted molar refractivity (Wildman–Crippen MR) is 63.9 cm³/mol. The lowest BCUT2D eigenvalue weighted by Crippen LogP contribution is -1.88. The average Bonchev–Trinajstić information content (AvgIpc) is 2.48. The number of hydrogen-bond donors (Lipinski definition) is 0. The van der Waals surface area contributed by atoms with Gasteiger partial charge >= 0.3 is 0 Å². The van der Waals surface area contributed by atoms with Crippen LogP contribution in [0.4, 0.5) is 5.69 Å². The molecule has 2 rings (SSSR count). The van der Waals surface area contributed by atoms with Gasteiger partial charge in [0, 0.05) is 26.0 Å². The Morgan fingerprint density at radius 1 is 1.36 bits per heavy atom. The normalized spacial score (nSPS) is 10.7. The summed E-state index contributed by atoms with van der Waals surface area (Å²) in [5, 5.41) is 13.4. The maximum Gasteiger partial charge on any atom is 0.284 e. The summed E-state index contributed by atoms with van der Waals surface area (Å²) >= 11 is 8.16. The summed E-state index contributed by atoms with van der Waals surface area (Å²) in [4.78, 5) is 10.3. The van der Waals surface area contributed by atoms with Crippen LogP contribution in [0.15, 0.2) is 26.5 Å². The SMILES string of the molecule is O=[N+]([O-])c1ccc2scc(Br)c2c1Br. The zero-order chi connectivity index (χ0) is 10.3. The van der Waals surface area contributed by atoms with E-state index in [9.17, 15) is 10.1 Å². The number of benzene rings is 1. The molecule has 0 saturated heterocycles. The largest absolute Gasteiger partial charge is 0.284 e. The van der Waals surface area contributed by atoms with Crippen molar-refractivity contribution >= 4 is 59.0 Å². The highest BCUT2D eigenvalue weighted by molar-refractivity contribution is 9.11. The van der Waals surface area contributed by atoms with E-state index in [-0.39, 0.29) is 5.69 Å². The van der Waals surface area contributed by atoms with E-state index < -0.39 is 4.92 Å². The molecule has 1 aromatic heterocycles. The highest BCUT2D eigenvalue weighted by Crippen LogP contribution is 2.40. The van der Waals surface area contributed by atoms with E-state index in [1.807, 2.05) is 5.38 Å². The van der Waals surface area contributed by atoms with Crippen LogP contribution in [0.2, 0.25) is 0 Å². The molecular formula is C8H3Br2NO2S. The third kappa shape index (κ3) is 1.47. The second kappa shape index (κ2) is 3.60. The van der Waals surface area contributed by atoms with E-state index in [2.05, 4.69) is 31.9 Å². The van der Waals surface area contributed by atoms with E-state index in [0.717, 1.165) is 14.6 Å². The standard InChI is InChI=1S/C8H3Br2NO2S/c9-4-3-14-6-2-1-5(11(12)13)8(10)7(4)6/h1-3H. The van der Waals surface area contributed by atoms with Gasteiger partial charge in [0.15, 0.2) is 0 Å². The molecular weight excluding hydrogens is 334 g/mol. The molecule has 0 radical (unpaired) electrons. The Labute approximate surface area is 100 Å². The summed E-state index contributed by atoms with van der Waals surface area (Å²) in [6.45, 7) is 0. The van der Waals surface area contributed by atoms with Crippen LogP contribution in [0.5, 0.6) is 0 Å². The molecule has 0 amide bonds. The molecule has 72 valence electrons. The van der Waals surface area contributed by atoms with Crippen LogP contribution in [0.1, 0.15) is 0 Å². The van der Waals surface area contributed by atoms with E-state index in [1.54, 1.807) is 17.4 Å². The zero-order valence-electron chi connectivity index (χ0n) is 6.66. The van der Waals surface area contributed by atoms with Crippen molar-refractivity contribution in [3.8, 4) is 0 Å². The Morgan fingerprint density at radius 3 is 2.71 bits per heavy atom. The number of hydrogen-bond acceptors (Lipinski definition) is 3. The molecule has 0 aliphatic carbocycles. The Kier molecular flexibility index (Phi) is 2.59. The molecule has 14 heavy (non-hydrogen) atoms. The minimum atomic E-state index is -0.395. The molecule has 0 spiro atoms. The summed E-state index contributed by atoms with van der Waals surface area (Å²) in [7, 11) is 0. The van der Waals surface area contributed by atoms with Gasteiger partial charge in [-0.05, 0) is 37.9 Å². The molecule has 1 heterocycles. The summed E-state index contributed by atoms with van der Waals surface area (Å²) in [6.07, 6.45) is 0. The lowest BCUT2D eigenvalue weighted by Gasteiger charge is -1.97. The van der Waals surface area contributed by atoms with E-state index in [1.165, 1.54) is 6.07 Å². The van der Waals surface area contributed by atoms with Crippen molar-refractivity contribution in [2.24, 2.45) is 0 Å². The number of fused-ring (bicyclic) bond motifs is 1. The molecule has 2 aromatic rings. The molecule has 6 heteroatoms. The molecule has 1 aromatic carbocycles. The Bertz CT molecular complexity index is 523. The van der Waals surface area contributed by atoms with Crippen molar-refractivity contribution in [1.29, 1.82) is 0 Å².